The van der Waals surface area contributed by atoms with Gasteiger partial charge in [-0.1, -0.05) is 29.8 Å². The maximum Gasteiger partial charge on any atom is 0.119 e. The molecule has 0 radical (unpaired) electrons. The summed E-state index contributed by atoms with van der Waals surface area (Å²) in [6, 6.07) is 15.9. The van der Waals surface area contributed by atoms with E-state index in [0.29, 0.717) is 6.54 Å². The van der Waals surface area contributed by atoms with E-state index in [1.54, 1.807) is 7.11 Å². The number of nitrogens with zero attached hydrogens (tertiary/aromatic N) is 1. The number of aryl methyl sites for hydroxylation is 1. The molecule has 2 aromatic rings. The molecule has 2 atom stereocenters. The lowest BCUT2D eigenvalue weighted by Crippen LogP contribution is -2.39. The van der Waals surface area contributed by atoms with Gasteiger partial charge in [-0.3, -0.25) is 4.90 Å². The SMILES string of the molecule is COc1ccc(OC[C@@H](O)CN(Cc2cccc(C)c2)C[C@@H]2CCCO2)cc1. The normalized spacial score (nSPS) is 17.6. The summed E-state index contributed by atoms with van der Waals surface area (Å²) in [7, 11) is 1.64. The van der Waals surface area contributed by atoms with Crippen LogP contribution in [0.2, 0.25) is 0 Å². The number of methoxy groups -OCH3 is 1. The van der Waals surface area contributed by atoms with Crippen molar-refractivity contribution in [1.29, 1.82) is 0 Å². The van der Waals surface area contributed by atoms with Crippen LogP contribution in [0.1, 0.15) is 24.0 Å². The molecule has 5 heteroatoms. The Morgan fingerprint density at radius 3 is 2.64 bits per heavy atom. The Bertz CT molecular complexity index is 713. The van der Waals surface area contributed by atoms with E-state index in [1.165, 1.54) is 11.1 Å². The Morgan fingerprint density at radius 1 is 1.18 bits per heavy atom. The molecule has 0 amide bonds. The minimum atomic E-state index is -0.576. The Kier molecular flexibility index (Phi) is 7.71. The number of rotatable bonds is 10. The first kappa shape index (κ1) is 20.6. The molecular weight excluding hydrogens is 354 g/mol. The van der Waals surface area contributed by atoms with Crippen LogP contribution >= 0.6 is 0 Å². The van der Waals surface area contributed by atoms with Gasteiger partial charge in [0.15, 0.2) is 0 Å². The molecule has 1 fully saturated rings. The van der Waals surface area contributed by atoms with Crippen LogP contribution in [0, 0.1) is 6.92 Å². The second-order valence-corrected chi connectivity index (χ2v) is 7.46. The lowest BCUT2D eigenvalue weighted by molar-refractivity contribution is 0.0313. The molecule has 1 heterocycles. The van der Waals surface area contributed by atoms with E-state index >= 15 is 0 Å². The maximum atomic E-state index is 10.6. The Hall–Kier alpha value is -2.08. The molecule has 1 saturated heterocycles. The van der Waals surface area contributed by atoms with Crippen LogP contribution in [-0.4, -0.2) is 55.6 Å². The molecule has 2 aromatic carbocycles. The van der Waals surface area contributed by atoms with Crippen molar-refractivity contribution in [2.75, 3.05) is 33.4 Å². The third kappa shape index (κ3) is 6.51. The molecule has 1 N–H and O–H groups in total. The van der Waals surface area contributed by atoms with Crippen LogP contribution < -0.4 is 9.47 Å². The van der Waals surface area contributed by atoms with Gasteiger partial charge in [-0.15, -0.1) is 0 Å². The summed E-state index contributed by atoms with van der Waals surface area (Å²) < 4.78 is 16.7. The first-order valence-electron chi connectivity index (χ1n) is 9.97. The fourth-order valence-electron chi connectivity index (χ4n) is 3.56. The second-order valence-electron chi connectivity index (χ2n) is 7.46. The molecule has 0 spiro atoms. The molecule has 28 heavy (non-hydrogen) atoms. The third-order valence-electron chi connectivity index (χ3n) is 4.95. The predicted molar refractivity (Wildman–Crippen MR) is 110 cm³/mol. The van der Waals surface area contributed by atoms with Gasteiger partial charge in [0, 0.05) is 26.2 Å². The van der Waals surface area contributed by atoms with Gasteiger partial charge in [-0.05, 0) is 49.6 Å². The van der Waals surface area contributed by atoms with Gasteiger partial charge in [0.05, 0.1) is 13.2 Å². The van der Waals surface area contributed by atoms with Gasteiger partial charge in [0.25, 0.3) is 0 Å². The number of hydrogen-bond acceptors (Lipinski definition) is 5. The molecule has 0 unspecified atom stereocenters. The van der Waals surface area contributed by atoms with Crippen molar-refractivity contribution in [1.82, 2.24) is 4.90 Å². The largest absolute Gasteiger partial charge is 0.497 e. The zero-order chi connectivity index (χ0) is 19.8. The predicted octanol–water partition coefficient (Wildman–Crippen LogP) is 3.42. The molecule has 152 valence electrons. The molecule has 1 aliphatic rings. The molecule has 5 nitrogen and oxygen atoms in total. The standard InChI is InChI=1S/C23H31NO4/c1-18-5-3-6-19(13-18)14-24(16-23-7-4-12-27-23)15-20(25)17-28-22-10-8-21(26-2)9-11-22/h3,5-6,8-11,13,20,23,25H,4,7,12,14-17H2,1-2H3/t20-,23-/m0/s1. The van der Waals surface area contributed by atoms with Crippen LogP contribution in [-0.2, 0) is 11.3 Å². The number of aliphatic hydroxyl groups is 1. The molecule has 0 aliphatic carbocycles. The molecule has 0 bridgehead atoms. The lowest BCUT2D eigenvalue weighted by Gasteiger charge is -2.27. The number of ether oxygens (including phenoxy) is 3. The van der Waals surface area contributed by atoms with Crippen molar-refractivity contribution in [3.05, 3.63) is 59.7 Å². The van der Waals surface area contributed by atoms with E-state index in [0.717, 1.165) is 44.0 Å². The number of benzene rings is 2. The van der Waals surface area contributed by atoms with Crippen molar-refractivity contribution in [2.24, 2.45) is 0 Å². The van der Waals surface area contributed by atoms with E-state index in [2.05, 4.69) is 36.1 Å². The van der Waals surface area contributed by atoms with Gasteiger partial charge >= 0.3 is 0 Å². The van der Waals surface area contributed by atoms with Crippen molar-refractivity contribution < 1.29 is 19.3 Å². The minimum absolute atomic E-state index is 0.250. The lowest BCUT2D eigenvalue weighted by atomic mass is 10.1. The summed E-state index contributed by atoms with van der Waals surface area (Å²) in [5.74, 6) is 1.51. The third-order valence-corrected chi connectivity index (χ3v) is 4.95. The monoisotopic (exact) mass is 385 g/mol. The van der Waals surface area contributed by atoms with Crippen molar-refractivity contribution in [3.8, 4) is 11.5 Å². The molecule has 0 aromatic heterocycles. The van der Waals surface area contributed by atoms with E-state index in [9.17, 15) is 5.11 Å². The van der Waals surface area contributed by atoms with Gasteiger partial charge < -0.3 is 19.3 Å². The summed E-state index contributed by atoms with van der Waals surface area (Å²) in [6.45, 7) is 5.36. The highest BCUT2D eigenvalue weighted by atomic mass is 16.5. The summed E-state index contributed by atoms with van der Waals surface area (Å²) in [6.07, 6.45) is 1.88. The summed E-state index contributed by atoms with van der Waals surface area (Å²) in [5, 5.41) is 10.6. The zero-order valence-corrected chi connectivity index (χ0v) is 16.8. The quantitative estimate of drug-likeness (QED) is 0.679. The van der Waals surface area contributed by atoms with Gasteiger partial charge in [-0.25, -0.2) is 0 Å². The highest BCUT2D eigenvalue weighted by Gasteiger charge is 2.21. The van der Waals surface area contributed by atoms with Crippen LogP contribution in [0.4, 0.5) is 0 Å². The number of aliphatic hydroxyl groups excluding tert-OH is 1. The number of hydrogen-bond donors (Lipinski definition) is 1. The van der Waals surface area contributed by atoms with Crippen molar-refractivity contribution in [3.63, 3.8) is 0 Å². The minimum Gasteiger partial charge on any atom is -0.497 e. The average molecular weight is 386 g/mol. The average Bonchev–Trinajstić information content (AvgIpc) is 3.20. The van der Waals surface area contributed by atoms with Crippen molar-refractivity contribution >= 4 is 0 Å². The maximum absolute atomic E-state index is 10.6. The first-order valence-corrected chi connectivity index (χ1v) is 9.97. The smallest absolute Gasteiger partial charge is 0.119 e. The summed E-state index contributed by atoms with van der Waals surface area (Å²) >= 11 is 0. The summed E-state index contributed by atoms with van der Waals surface area (Å²) in [5.41, 5.74) is 2.50. The summed E-state index contributed by atoms with van der Waals surface area (Å²) in [4.78, 5) is 2.27. The van der Waals surface area contributed by atoms with Gasteiger partial charge in [0.2, 0.25) is 0 Å². The molecule has 1 aliphatic heterocycles. The van der Waals surface area contributed by atoms with Gasteiger partial charge in [0.1, 0.15) is 24.2 Å². The zero-order valence-electron chi connectivity index (χ0n) is 16.8. The van der Waals surface area contributed by atoms with Crippen LogP contribution in [0.15, 0.2) is 48.5 Å². The molecule has 0 saturated carbocycles. The molecule has 3 rings (SSSR count). The van der Waals surface area contributed by atoms with E-state index in [4.69, 9.17) is 14.2 Å². The van der Waals surface area contributed by atoms with Crippen molar-refractivity contribution in [2.45, 2.75) is 38.5 Å². The Morgan fingerprint density at radius 2 is 1.96 bits per heavy atom. The van der Waals surface area contributed by atoms with E-state index in [1.807, 2.05) is 24.3 Å². The van der Waals surface area contributed by atoms with Crippen LogP contribution in [0.3, 0.4) is 0 Å². The van der Waals surface area contributed by atoms with E-state index in [-0.39, 0.29) is 12.7 Å². The molecular formula is C23H31NO4. The Labute approximate surface area is 167 Å². The Balaban J connectivity index is 1.55. The van der Waals surface area contributed by atoms with Crippen LogP contribution in [0.25, 0.3) is 0 Å². The van der Waals surface area contributed by atoms with E-state index < -0.39 is 6.10 Å². The van der Waals surface area contributed by atoms with Crippen LogP contribution in [0.5, 0.6) is 11.5 Å². The van der Waals surface area contributed by atoms with Gasteiger partial charge in [-0.2, -0.15) is 0 Å². The highest BCUT2D eigenvalue weighted by Crippen LogP contribution is 2.18. The fourth-order valence-corrected chi connectivity index (χ4v) is 3.56. The second kappa shape index (κ2) is 10.5. The topological polar surface area (TPSA) is 51.2 Å². The first-order chi connectivity index (χ1) is 13.6. The fraction of sp³-hybridized carbons (Fsp3) is 0.478. The highest BCUT2D eigenvalue weighted by molar-refractivity contribution is 5.31.